The fourth-order valence-electron chi connectivity index (χ4n) is 0.578. The van der Waals surface area contributed by atoms with E-state index in [1.807, 2.05) is 0 Å². The van der Waals surface area contributed by atoms with Gasteiger partial charge in [-0.05, 0) is 0 Å². The van der Waals surface area contributed by atoms with E-state index in [9.17, 15) is 4.79 Å². The maximum Gasteiger partial charge on any atom is 0.351 e. The molecule has 1 aliphatic heterocycles. The van der Waals surface area contributed by atoms with Gasteiger partial charge in [0, 0.05) is 0 Å². The minimum absolute atomic E-state index is 0.0370. The van der Waals surface area contributed by atoms with Crippen molar-refractivity contribution in [1.82, 2.24) is 5.32 Å². The molecule has 1 rings (SSSR count). The van der Waals surface area contributed by atoms with Crippen molar-refractivity contribution in [2.45, 2.75) is 0 Å². The van der Waals surface area contributed by atoms with Crippen molar-refractivity contribution in [3.63, 3.8) is 0 Å². The van der Waals surface area contributed by atoms with E-state index in [1.165, 1.54) is 0 Å². The zero-order valence-electron chi connectivity index (χ0n) is 4.64. The number of carbonyl (C=O) groups is 1. The number of hydrogen-bond acceptors (Lipinski definition) is 2. The predicted octanol–water partition coefficient (Wildman–Crippen LogP) is -1.93. The van der Waals surface area contributed by atoms with Gasteiger partial charge in [-0.15, -0.1) is 0 Å². The van der Waals surface area contributed by atoms with E-state index in [2.05, 4.69) is 5.32 Å². The van der Waals surface area contributed by atoms with Crippen molar-refractivity contribution in [2.75, 3.05) is 13.6 Å². The highest BCUT2D eigenvalue weighted by Gasteiger charge is 2.20. The van der Waals surface area contributed by atoms with Crippen LogP contribution in [0.25, 0.3) is 0 Å². The van der Waals surface area contributed by atoms with E-state index >= 15 is 0 Å². The number of nitrogens with one attached hydrogen (secondary N) is 1. The van der Waals surface area contributed by atoms with Crippen LogP contribution in [-0.2, 0) is 4.79 Å². The third-order valence-corrected chi connectivity index (χ3v) is 1.06. The molecular formula is C4H8N3O+. The summed E-state index contributed by atoms with van der Waals surface area (Å²) in [5.74, 6) is 0.403. The summed E-state index contributed by atoms with van der Waals surface area (Å²) in [4.78, 5) is 10.4. The van der Waals surface area contributed by atoms with E-state index in [0.717, 1.165) is 0 Å². The summed E-state index contributed by atoms with van der Waals surface area (Å²) >= 11 is 0. The third kappa shape index (κ3) is 0.641. The molecule has 0 aromatic rings. The lowest BCUT2D eigenvalue weighted by molar-refractivity contribution is -0.480. The molecular weight excluding hydrogens is 106 g/mol. The molecule has 0 radical (unpaired) electrons. The Labute approximate surface area is 47.0 Å². The molecule has 0 saturated heterocycles. The Balaban J connectivity index is 2.73. The second kappa shape index (κ2) is 1.47. The van der Waals surface area contributed by atoms with Crippen LogP contribution in [0.15, 0.2) is 0 Å². The molecule has 0 atom stereocenters. The lowest BCUT2D eigenvalue weighted by Crippen LogP contribution is -2.32. The van der Waals surface area contributed by atoms with Gasteiger partial charge >= 0.3 is 11.9 Å². The van der Waals surface area contributed by atoms with Gasteiger partial charge in [-0.25, -0.2) is 5.32 Å². The molecule has 8 heavy (non-hydrogen) atoms. The Kier molecular flexibility index (Phi) is 0.932. The molecule has 0 aromatic heterocycles. The number of guanidine groups is 1. The van der Waals surface area contributed by atoms with Crippen molar-refractivity contribution in [3.8, 4) is 0 Å². The average Bonchev–Trinajstić information content (AvgIpc) is 1.85. The van der Waals surface area contributed by atoms with Crippen molar-refractivity contribution in [3.05, 3.63) is 0 Å². The van der Waals surface area contributed by atoms with Gasteiger partial charge in [0.2, 0.25) is 0 Å². The summed E-state index contributed by atoms with van der Waals surface area (Å²) in [5, 5.41) is 2.45. The fourth-order valence-corrected chi connectivity index (χ4v) is 0.578. The molecule has 0 aromatic carbocycles. The Bertz CT molecular complexity index is 145. The quantitative estimate of drug-likeness (QED) is 0.360. The van der Waals surface area contributed by atoms with Crippen LogP contribution in [0.3, 0.4) is 0 Å². The predicted molar refractivity (Wildman–Crippen MR) is 28.4 cm³/mol. The molecule has 0 fully saturated rings. The van der Waals surface area contributed by atoms with Crippen LogP contribution in [0.5, 0.6) is 0 Å². The lowest BCUT2D eigenvalue weighted by Gasteiger charge is -1.83. The Morgan fingerprint density at radius 3 is 2.62 bits per heavy atom. The molecule has 1 amide bonds. The smallest absolute Gasteiger partial charge is 0.290 e. The maximum absolute atomic E-state index is 10.4. The third-order valence-electron chi connectivity index (χ3n) is 1.06. The summed E-state index contributed by atoms with van der Waals surface area (Å²) in [6.07, 6.45) is 0. The van der Waals surface area contributed by atoms with Crippen molar-refractivity contribution in [1.29, 1.82) is 0 Å². The Hall–Kier alpha value is -1.06. The van der Waals surface area contributed by atoms with Gasteiger partial charge in [0.25, 0.3) is 0 Å². The highest BCUT2D eigenvalue weighted by molar-refractivity contribution is 5.97. The number of carbonyl (C=O) groups excluding carboxylic acids is 1. The molecule has 1 aliphatic rings. The number of nitrogens with two attached hydrogens (primary N) is 1. The summed E-state index contributed by atoms with van der Waals surface area (Å²) in [6.45, 7) is 0.381. The van der Waals surface area contributed by atoms with E-state index in [-0.39, 0.29) is 5.91 Å². The maximum atomic E-state index is 10.4. The van der Waals surface area contributed by atoms with Crippen LogP contribution in [0.2, 0.25) is 0 Å². The highest BCUT2D eigenvalue weighted by Crippen LogP contribution is 1.77. The molecule has 0 spiro atoms. The minimum Gasteiger partial charge on any atom is -0.290 e. The summed E-state index contributed by atoms with van der Waals surface area (Å²) in [5.41, 5.74) is 5.28. The first-order valence-corrected chi connectivity index (χ1v) is 2.33. The van der Waals surface area contributed by atoms with Gasteiger partial charge < -0.3 is 0 Å². The molecule has 0 saturated carbocycles. The number of likely N-dealkylation sites (N-methyl/N-ethyl adjacent to an activating group) is 1. The molecule has 3 N–H and O–H groups in total. The molecule has 4 nitrogen and oxygen atoms in total. The second-order valence-electron chi connectivity index (χ2n) is 1.79. The first kappa shape index (κ1) is 5.08. The van der Waals surface area contributed by atoms with Gasteiger partial charge in [-0.1, -0.05) is 0 Å². The zero-order valence-corrected chi connectivity index (χ0v) is 4.64. The number of hydrogen-bond donors (Lipinski definition) is 2. The van der Waals surface area contributed by atoms with Gasteiger partial charge in [-0.3, -0.25) is 15.1 Å². The van der Waals surface area contributed by atoms with Crippen LogP contribution in [0.4, 0.5) is 0 Å². The molecule has 0 bridgehead atoms. The van der Waals surface area contributed by atoms with Gasteiger partial charge in [0.15, 0.2) is 6.54 Å². The monoisotopic (exact) mass is 114 g/mol. The van der Waals surface area contributed by atoms with E-state index in [0.29, 0.717) is 12.5 Å². The summed E-state index contributed by atoms with van der Waals surface area (Å²) in [7, 11) is 1.76. The Morgan fingerprint density at radius 1 is 1.88 bits per heavy atom. The van der Waals surface area contributed by atoms with Crippen LogP contribution < -0.4 is 11.1 Å². The van der Waals surface area contributed by atoms with Crippen molar-refractivity contribution < 1.29 is 9.37 Å². The average molecular weight is 114 g/mol. The van der Waals surface area contributed by atoms with E-state index < -0.39 is 0 Å². The largest absolute Gasteiger partial charge is 0.351 e. The van der Waals surface area contributed by atoms with Gasteiger partial charge in [0.05, 0.1) is 7.05 Å². The first-order chi connectivity index (χ1) is 3.70. The standard InChI is InChI=1S/C4H7N3O/c1-7-2-3(8)6-4(7)5/h2H2,1H3,(H2,5,6,8)/p+1. The fraction of sp³-hybridized carbons (Fsp3) is 0.500. The molecule has 44 valence electrons. The van der Waals surface area contributed by atoms with Crippen LogP contribution >= 0.6 is 0 Å². The molecule has 4 heteroatoms. The molecule has 0 unspecified atom stereocenters. The first-order valence-electron chi connectivity index (χ1n) is 2.33. The zero-order chi connectivity index (χ0) is 6.15. The topological polar surface area (TPSA) is 58.1 Å². The number of amides is 1. The number of nitrogens with zero attached hydrogens (tertiary/aromatic N) is 1. The van der Waals surface area contributed by atoms with Crippen LogP contribution in [-0.4, -0.2) is 30.0 Å². The van der Waals surface area contributed by atoms with Crippen molar-refractivity contribution in [2.24, 2.45) is 5.73 Å². The van der Waals surface area contributed by atoms with Crippen LogP contribution in [0.1, 0.15) is 0 Å². The van der Waals surface area contributed by atoms with E-state index in [4.69, 9.17) is 5.73 Å². The second-order valence-corrected chi connectivity index (χ2v) is 1.79. The normalized spacial score (nSPS) is 19.4. The van der Waals surface area contributed by atoms with Crippen molar-refractivity contribution >= 4 is 11.9 Å². The highest BCUT2D eigenvalue weighted by atomic mass is 16.2. The molecule has 0 aliphatic carbocycles. The van der Waals surface area contributed by atoms with Gasteiger partial charge in [0.1, 0.15) is 0 Å². The lowest BCUT2D eigenvalue weighted by atomic mass is 10.6. The SMILES string of the molecule is C[N+]1=C(N)NC(=O)C1. The Morgan fingerprint density at radius 2 is 2.50 bits per heavy atom. The minimum atomic E-state index is -0.0370. The van der Waals surface area contributed by atoms with Crippen LogP contribution in [0, 0.1) is 0 Å². The van der Waals surface area contributed by atoms with Gasteiger partial charge in [-0.2, -0.15) is 0 Å². The number of rotatable bonds is 0. The summed E-state index contributed by atoms with van der Waals surface area (Å²) in [6, 6.07) is 0. The molecule has 1 heterocycles. The summed E-state index contributed by atoms with van der Waals surface area (Å²) < 4.78 is 1.66. The van der Waals surface area contributed by atoms with E-state index in [1.54, 1.807) is 11.6 Å².